The summed E-state index contributed by atoms with van der Waals surface area (Å²) in [7, 11) is 0. The molecule has 0 saturated heterocycles. The topological polar surface area (TPSA) is 0 Å². The van der Waals surface area contributed by atoms with Gasteiger partial charge in [-0.3, -0.25) is 0 Å². The molecule has 0 nitrogen and oxygen atoms in total. The molecule has 0 unspecified atom stereocenters. The largest absolute Gasteiger partial charge is 0.136 e. The number of hydrogen-bond donors (Lipinski definition) is 0. The molecule has 0 aliphatic rings. The van der Waals surface area contributed by atoms with Gasteiger partial charge in [-0.05, 0) is 33.4 Å². The molecule has 0 heterocycles. The van der Waals surface area contributed by atoms with E-state index in [1.807, 2.05) is 23.5 Å². The van der Waals surface area contributed by atoms with Gasteiger partial charge < -0.3 is 0 Å². The predicted molar refractivity (Wildman–Crippen MR) is 192 cm³/mol. The molecule has 216 valence electrons. The monoisotopic (exact) mass is 604 g/mol. The first-order chi connectivity index (χ1) is 21.7. The Morgan fingerprint density at radius 2 is 0.523 bits per heavy atom. The SMILES string of the molecule is C=C(CSC(c1ccccc1)(c1ccccc1)c1ccccc1)CSC(c1ccccc1)(c1ccccc1)c1ccccc1. The summed E-state index contributed by atoms with van der Waals surface area (Å²) in [5.41, 5.74) is 8.85. The van der Waals surface area contributed by atoms with E-state index in [9.17, 15) is 0 Å². The number of hydrogen-bond acceptors (Lipinski definition) is 2. The van der Waals surface area contributed by atoms with E-state index >= 15 is 0 Å². The maximum Gasteiger partial charge on any atom is 0.0910 e. The number of rotatable bonds is 12. The molecule has 2 heteroatoms. The molecule has 6 rings (SSSR count). The normalized spacial score (nSPS) is 11.6. The van der Waals surface area contributed by atoms with Crippen LogP contribution in [0.15, 0.2) is 194 Å². The molecule has 0 saturated carbocycles. The molecule has 6 aromatic carbocycles. The van der Waals surface area contributed by atoms with Crippen LogP contribution >= 0.6 is 23.5 Å². The third kappa shape index (κ3) is 6.06. The van der Waals surface area contributed by atoms with Crippen molar-refractivity contribution in [2.24, 2.45) is 0 Å². The van der Waals surface area contributed by atoms with E-state index in [1.165, 1.54) is 39.0 Å². The Balaban J connectivity index is 1.36. The van der Waals surface area contributed by atoms with Crippen molar-refractivity contribution >= 4 is 23.5 Å². The standard InChI is InChI=1S/C42H36S2/c1-34(32-43-41(35-20-8-2-9-21-35,36-22-10-3-11-23-36)37-24-12-4-13-25-37)33-44-42(38-26-14-5-15-27-38,39-28-16-6-17-29-39)40-30-18-7-19-31-40/h2-31H,1,32-33H2. The van der Waals surface area contributed by atoms with Crippen LogP contribution in [0.5, 0.6) is 0 Å². The highest BCUT2D eigenvalue weighted by Gasteiger charge is 2.39. The lowest BCUT2D eigenvalue weighted by molar-refractivity contribution is 0.893. The zero-order chi connectivity index (χ0) is 30.1. The number of benzene rings is 6. The molecule has 0 amide bonds. The van der Waals surface area contributed by atoms with E-state index < -0.39 is 0 Å². The lowest BCUT2D eigenvalue weighted by Gasteiger charge is -2.37. The van der Waals surface area contributed by atoms with Crippen molar-refractivity contribution in [2.45, 2.75) is 9.49 Å². The quantitative estimate of drug-likeness (QED) is 0.101. The summed E-state index contributed by atoms with van der Waals surface area (Å²) in [6.45, 7) is 4.68. The van der Waals surface area contributed by atoms with Gasteiger partial charge in [0.05, 0.1) is 9.49 Å². The van der Waals surface area contributed by atoms with Crippen molar-refractivity contribution in [1.29, 1.82) is 0 Å². The average molecular weight is 605 g/mol. The Bertz CT molecular complexity index is 1410. The molecule has 0 radical (unpaired) electrons. The molecule has 0 spiro atoms. The second-order valence-corrected chi connectivity index (χ2v) is 13.3. The van der Waals surface area contributed by atoms with Gasteiger partial charge in [-0.25, -0.2) is 0 Å². The van der Waals surface area contributed by atoms with Gasteiger partial charge in [0.15, 0.2) is 0 Å². The highest BCUT2D eigenvalue weighted by atomic mass is 32.2. The predicted octanol–water partition coefficient (Wildman–Crippen LogP) is 11.0. The van der Waals surface area contributed by atoms with Gasteiger partial charge in [-0.2, -0.15) is 0 Å². The van der Waals surface area contributed by atoms with Crippen molar-refractivity contribution < 1.29 is 0 Å². The first-order valence-corrected chi connectivity index (χ1v) is 17.0. The van der Waals surface area contributed by atoms with Crippen LogP contribution in [0, 0.1) is 0 Å². The van der Waals surface area contributed by atoms with E-state index in [4.69, 9.17) is 0 Å². The molecule has 0 N–H and O–H groups in total. The van der Waals surface area contributed by atoms with E-state index in [2.05, 4.69) is 189 Å². The van der Waals surface area contributed by atoms with Crippen molar-refractivity contribution in [2.75, 3.05) is 11.5 Å². The number of thioether (sulfide) groups is 2. The summed E-state index contributed by atoms with van der Waals surface area (Å²) in [5.74, 6) is 1.64. The summed E-state index contributed by atoms with van der Waals surface area (Å²) in [6.07, 6.45) is 0. The minimum Gasteiger partial charge on any atom is -0.136 e. The van der Waals surface area contributed by atoms with Crippen molar-refractivity contribution in [3.8, 4) is 0 Å². The summed E-state index contributed by atoms with van der Waals surface area (Å²) in [5, 5.41) is 0. The third-order valence-electron chi connectivity index (χ3n) is 8.07. The van der Waals surface area contributed by atoms with Gasteiger partial charge in [-0.1, -0.05) is 194 Å². The van der Waals surface area contributed by atoms with Gasteiger partial charge in [0.1, 0.15) is 0 Å². The minimum atomic E-state index is -0.368. The Labute approximate surface area is 270 Å². The molecule has 0 aromatic heterocycles. The molecule has 6 aromatic rings. The van der Waals surface area contributed by atoms with Crippen molar-refractivity contribution in [1.82, 2.24) is 0 Å². The van der Waals surface area contributed by atoms with Gasteiger partial charge in [0.25, 0.3) is 0 Å². The fraction of sp³-hybridized carbons (Fsp3) is 0.0952. The summed E-state index contributed by atoms with van der Waals surface area (Å²) >= 11 is 3.92. The Morgan fingerprint density at radius 3 is 0.705 bits per heavy atom. The average Bonchev–Trinajstić information content (AvgIpc) is 3.12. The van der Waals surface area contributed by atoms with Crippen LogP contribution in [0.25, 0.3) is 0 Å². The summed E-state index contributed by atoms with van der Waals surface area (Å²) in [6, 6.07) is 65.5. The van der Waals surface area contributed by atoms with E-state index in [0.717, 1.165) is 11.5 Å². The Morgan fingerprint density at radius 1 is 0.341 bits per heavy atom. The zero-order valence-electron chi connectivity index (χ0n) is 24.8. The highest BCUT2D eigenvalue weighted by Crippen LogP contribution is 2.51. The molecular weight excluding hydrogens is 569 g/mol. The van der Waals surface area contributed by atoms with Crippen LogP contribution in [0.3, 0.4) is 0 Å². The maximum absolute atomic E-state index is 4.68. The second-order valence-electron chi connectivity index (χ2n) is 10.9. The van der Waals surface area contributed by atoms with Crippen LogP contribution < -0.4 is 0 Å². The van der Waals surface area contributed by atoms with Gasteiger partial charge >= 0.3 is 0 Å². The van der Waals surface area contributed by atoms with Crippen LogP contribution in [0.2, 0.25) is 0 Å². The lowest BCUT2D eigenvalue weighted by Crippen LogP contribution is -2.27. The Kier molecular flexibility index (Phi) is 9.51. The van der Waals surface area contributed by atoms with Crippen LogP contribution in [-0.2, 0) is 9.49 Å². The minimum absolute atomic E-state index is 0.368. The first kappa shape index (κ1) is 29.8. The van der Waals surface area contributed by atoms with Crippen molar-refractivity contribution in [3.05, 3.63) is 228 Å². The second kappa shape index (κ2) is 14.0. The summed E-state index contributed by atoms with van der Waals surface area (Å²) < 4.78 is -0.737. The van der Waals surface area contributed by atoms with E-state index in [1.54, 1.807) is 0 Å². The molecule has 0 atom stereocenters. The molecule has 0 aliphatic carbocycles. The fourth-order valence-electron chi connectivity index (χ4n) is 6.00. The first-order valence-electron chi connectivity index (χ1n) is 15.0. The van der Waals surface area contributed by atoms with Gasteiger partial charge in [0.2, 0.25) is 0 Å². The zero-order valence-corrected chi connectivity index (χ0v) is 26.4. The third-order valence-corrected chi connectivity index (χ3v) is 11.5. The fourth-order valence-corrected chi connectivity index (χ4v) is 8.99. The van der Waals surface area contributed by atoms with E-state index in [-0.39, 0.29) is 9.49 Å². The molecule has 0 aliphatic heterocycles. The molecular formula is C42H36S2. The summed E-state index contributed by atoms with van der Waals surface area (Å²) in [4.78, 5) is 0. The Hall–Kier alpha value is -4.24. The van der Waals surface area contributed by atoms with E-state index in [0.29, 0.717) is 0 Å². The van der Waals surface area contributed by atoms with Crippen LogP contribution in [0.1, 0.15) is 33.4 Å². The molecule has 0 fully saturated rings. The maximum atomic E-state index is 4.68. The van der Waals surface area contributed by atoms with Gasteiger partial charge in [-0.15, -0.1) is 23.5 Å². The highest BCUT2D eigenvalue weighted by molar-refractivity contribution is 8.01. The van der Waals surface area contributed by atoms with Gasteiger partial charge in [0, 0.05) is 11.5 Å². The molecule has 44 heavy (non-hydrogen) atoms. The lowest BCUT2D eigenvalue weighted by atomic mass is 9.84. The van der Waals surface area contributed by atoms with Crippen LogP contribution in [-0.4, -0.2) is 11.5 Å². The van der Waals surface area contributed by atoms with Crippen molar-refractivity contribution in [3.63, 3.8) is 0 Å². The molecule has 0 bridgehead atoms. The van der Waals surface area contributed by atoms with Crippen LogP contribution in [0.4, 0.5) is 0 Å². The smallest absolute Gasteiger partial charge is 0.0910 e.